The first-order chi connectivity index (χ1) is 17.4. The number of aliphatic hydroxyl groups is 1. The fourth-order valence-corrected chi connectivity index (χ4v) is 6.92. The van der Waals surface area contributed by atoms with Crippen LogP contribution in [-0.4, -0.2) is 14.7 Å². The fourth-order valence-electron chi connectivity index (χ4n) is 6.92. The molecule has 2 aliphatic heterocycles. The van der Waals surface area contributed by atoms with E-state index in [1.165, 1.54) is 0 Å². The molecule has 3 aliphatic rings. The second-order valence-electron chi connectivity index (χ2n) is 10.6. The van der Waals surface area contributed by atoms with Crippen LogP contribution in [0.2, 0.25) is 0 Å². The first kappa shape index (κ1) is 21.6. The molecule has 180 valence electrons. The number of hydrogen-bond donors (Lipinski definition) is 1. The fraction of sp³-hybridized carbons (Fsp3) is 0.290. The predicted molar refractivity (Wildman–Crippen MR) is 138 cm³/mol. The number of rotatable bonds is 2. The van der Waals surface area contributed by atoms with Crippen molar-refractivity contribution in [3.63, 3.8) is 0 Å². The standard InChI is InChI=1S/C31H28N2O3/c1-18-11-13-22(14-12-18)31-27(21-8-5-4-6-9-21)25-28(32-24-10-7-15-33(24)29(25)34)30(31,35)26-20(3)16-19(2)17-23(26)36-31/h4-6,8-9,11-14,16-17,27,35H,7,10,15H2,1-3H3/t27-,30+,31+/m0/s1. The number of ether oxygens (including phenoxy) is 1. The summed E-state index contributed by atoms with van der Waals surface area (Å²) in [6.07, 6.45) is 1.61. The Bertz CT molecular complexity index is 1610. The maximum absolute atomic E-state index is 14.1. The molecule has 0 saturated carbocycles. The van der Waals surface area contributed by atoms with Gasteiger partial charge in [-0.05, 0) is 49.9 Å². The molecule has 0 bridgehead atoms. The van der Waals surface area contributed by atoms with E-state index in [0.717, 1.165) is 46.5 Å². The number of nitrogens with zero attached hydrogens (tertiary/aromatic N) is 2. The molecule has 0 unspecified atom stereocenters. The normalized spacial score (nSPS) is 25.2. The zero-order valence-corrected chi connectivity index (χ0v) is 20.7. The Morgan fingerprint density at radius 1 is 1.00 bits per heavy atom. The van der Waals surface area contributed by atoms with Gasteiger partial charge in [0.05, 0.1) is 17.2 Å². The number of benzene rings is 3. The molecule has 3 atom stereocenters. The summed E-state index contributed by atoms with van der Waals surface area (Å²) in [5.74, 6) is 0.869. The van der Waals surface area contributed by atoms with Crippen molar-refractivity contribution in [3.8, 4) is 5.75 Å². The SMILES string of the molecule is Cc1ccc([C@]23Oc4cc(C)cc(C)c4[C@@]2(O)c2nc4n(c(=O)c2[C@@H]3c2ccccc2)CCC4)cc1. The van der Waals surface area contributed by atoms with Gasteiger partial charge in [0.15, 0.2) is 11.2 Å². The van der Waals surface area contributed by atoms with E-state index in [9.17, 15) is 9.90 Å². The van der Waals surface area contributed by atoms with Gasteiger partial charge >= 0.3 is 0 Å². The van der Waals surface area contributed by atoms with Crippen molar-refractivity contribution in [3.05, 3.63) is 128 Å². The molecule has 0 fully saturated rings. The molecule has 1 aliphatic carbocycles. The van der Waals surface area contributed by atoms with Crippen molar-refractivity contribution in [1.82, 2.24) is 9.55 Å². The lowest BCUT2D eigenvalue weighted by atomic mass is 9.69. The minimum absolute atomic E-state index is 0.0643. The molecule has 0 radical (unpaired) electrons. The first-order valence-electron chi connectivity index (χ1n) is 12.7. The average molecular weight is 477 g/mol. The van der Waals surface area contributed by atoms with E-state index in [0.29, 0.717) is 29.1 Å². The van der Waals surface area contributed by atoms with Gasteiger partial charge in [0, 0.05) is 24.1 Å². The van der Waals surface area contributed by atoms with Crippen molar-refractivity contribution in [1.29, 1.82) is 0 Å². The lowest BCUT2D eigenvalue weighted by Gasteiger charge is -2.40. The second-order valence-corrected chi connectivity index (χ2v) is 10.6. The summed E-state index contributed by atoms with van der Waals surface area (Å²) >= 11 is 0. The molecule has 1 N–H and O–H groups in total. The smallest absolute Gasteiger partial charge is 0.257 e. The van der Waals surface area contributed by atoms with Crippen LogP contribution in [0.3, 0.4) is 0 Å². The largest absolute Gasteiger partial charge is 0.477 e. The van der Waals surface area contributed by atoms with Gasteiger partial charge < -0.3 is 9.84 Å². The highest BCUT2D eigenvalue weighted by atomic mass is 16.5. The zero-order valence-electron chi connectivity index (χ0n) is 20.7. The van der Waals surface area contributed by atoms with Crippen molar-refractivity contribution in [2.75, 3.05) is 0 Å². The van der Waals surface area contributed by atoms with Crippen LogP contribution in [0.1, 0.15) is 62.8 Å². The zero-order chi connectivity index (χ0) is 24.8. The topological polar surface area (TPSA) is 64.3 Å². The van der Waals surface area contributed by atoms with Gasteiger partial charge in [-0.15, -0.1) is 0 Å². The average Bonchev–Trinajstić information content (AvgIpc) is 3.49. The summed E-state index contributed by atoms with van der Waals surface area (Å²) < 4.78 is 8.80. The molecular weight excluding hydrogens is 448 g/mol. The lowest BCUT2D eigenvalue weighted by molar-refractivity contribution is -0.0906. The van der Waals surface area contributed by atoms with Crippen molar-refractivity contribution in [2.24, 2.45) is 0 Å². The summed E-state index contributed by atoms with van der Waals surface area (Å²) in [7, 11) is 0. The Hall–Kier alpha value is -3.70. The Labute approximate surface area is 210 Å². The van der Waals surface area contributed by atoms with Crippen LogP contribution in [-0.2, 0) is 24.2 Å². The van der Waals surface area contributed by atoms with Crippen LogP contribution in [0, 0.1) is 20.8 Å². The molecule has 36 heavy (non-hydrogen) atoms. The lowest BCUT2D eigenvalue weighted by Crippen LogP contribution is -2.49. The molecule has 0 amide bonds. The van der Waals surface area contributed by atoms with E-state index in [4.69, 9.17) is 9.72 Å². The third kappa shape index (κ3) is 2.49. The van der Waals surface area contributed by atoms with Crippen molar-refractivity contribution in [2.45, 2.75) is 57.3 Å². The third-order valence-electron chi connectivity index (χ3n) is 8.33. The minimum Gasteiger partial charge on any atom is -0.477 e. The molecule has 3 heterocycles. The molecule has 1 aromatic heterocycles. The Balaban J connectivity index is 1.67. The van der Waals surface area contributed by atoms with E-state index in [1.807, 2.05) is 81.4 Å². The summed E-state index contributed by atoms with van der Waals surface area (Å²) in [6, 6.07) is 22.2. The van der Waals surface area contributed by atoms with E-state index >= 15 is 0 Å². The van der Waals surface area contributed by atoms with Crippen LogP contribution in [0.25, 0.3) is 0 Å². The highest BCUT2D eigenvalue weighted by Gasteiger charge is 2.73. The maximum Gasteiger partial charge on any atom is 0.257 e. The van der Waals surface area contributed by atoms with Crippen molar-refractivity contribution >= 4 is 0 Å². The van der Waals surface area contributed by atoms with Gasteiger partial charge in [-0.2, -0.15) is 0 Å². The van der Waals surface area contributed by atoms with Crippen LogP contribution in [0.5, 0.6) is 5.75 Å². The highest BCUT2D eigenvalue weighted by molar-refractivity contribution is 5.66. The molecule has 0 saturated heterocycles. The minimum atomic E-state index is -1.62. The van der Waals surface area contributed by atoms with Gasteiger partial charge in [0.25, 0.3) is 5.56 Å². The summed E-state index contributed by atoms with van der Waals surface area (Å²) in [6.45, 7) is 6.74. The molecule has 4 aromatic rings. The number of aromatic nitrogens is 2. The van der Waals surface area contributed by atoms with Gasteiger partial charge in [0.1, 0.15) is 11.6 Å². The Morgan fingerprint density at radius 2 is 1.75 bits per heavy atom. The Morgan fingerprint density at radius 3 is 2.50 bits per heavy atom. The van der Waals surface area contributed by atoms with Crippen molar-refractivity contribution < 1.29 is 9.84 Å². The van der Waals surface area contributed by atoms with E-state index < -0.39 is 17.1 Å². The molecular formula is C31H28N2O3. The number of hydrogen-bond acceptors (Lipinski definition) is 4. The van der Waals surface area contributed by atoms with Crippen LogP contribution in [0.15, 0.2) is 71.5 Å². The highest BCUT2D eigenvalue weighted by Crippen LogP contribution is 2.68. The molecule has 3 aromatic carbocycles. The summed E-state index contributed by atoms with van der Waals surface area (Å²) in [5, 5.41) is 13.1. The van der Waals surface area contributed by atoms with Crippen LogP contribution >= 0.6 is 0 Å². The third-order valence-corrected chi connectivity index (χ3v) is 8.33. The van der Waals surface area contributed by atoms with Gasteiger partial charge in [-0.3, -0.25) is 9.36 Å². The molecule has 5 heteroatoms. The first-order valence-corrected chi connectivity index (χ1v) is 12.7. The monoisotopic (exact) mass is 476 g/mol. The van der Waals surface area contributed by atoms with E-state index in [-0.39, 0.29) is 5.56 Å². The van der Waals surface area contributed by atoms with Gasteiger partial charge in [-0.1, -0.05) is 66.2 Å². The Kier molecular flexibility index (Phi) is 4.30. The predicted octanol–water partition coefficient (Wildman–Crippen LogP) is 4.78. The molecule has 5 nitrogen and oxygen atoms in total. The molecule has 0 spiro atoms. The maximum atomic E-state index is 14.1. The van der Waals surface area contributed by atoms with Gasteiger partial charge in [-0.25, -0.2) is 4.98 Å². The van der Waals surface area contributed by atoms with E-state index in [2.05, 4.69) is 6.07 Å². The van der Waals surface area contributed by atoms with Crippen LogP contribution < -0.4 is 10.3 Å². The summed E-state index contributed by atoms with van der Waals surface area (Å²) in [4.78, 5) is 19.2. The number of aryl methyl sites for hydroxylation is 4. The second kappa shape index (κ2) is 7.17. The summed E-state index contributed by atoms with van der Waals surface area (Å²) in [5.41, 5.74) is 3.61. The molecule has 7 rings (SSSR count). The van der Waals surface area contributed by atoms with E-state index in [1.54, 1.807) is 4.57 Å². The van der Waals surface area contributed by atoms with Gasteiger partial charge in [0.2, 0.25) is 0 Å². The van der Waals surface area contributed by atoms with Crippen LogP contribution in [0.4, 0.5) is 0 Å². The number of fused-ring (bicyclic) bond motifs is 6. The quantitative estimate of drug-likeness (QED) is 0.452.